The molecular formula is C18H26O3S. The number of unbranched alkanes of at least 4 members (excludes halogenated alkanes) is 2. The first-order chi connectivity index (χ1) is 10.7. The molecule has 0 fully saturated rings. The van der Waals surface area contributed by atoms with Crippen LogP contribution in [0.4, 0.5) is 0 Å². The summed E-state index contributed by atoms with van der Waals surface area (Å²) in [6, 6.07) is 10.2. The van der Waals surface area contributed by atoms with Crippen molar-refractivity contribution in [1.29, 1.82) is 0 Å². The summed E-state index contributed by atoms with van der Waals surface area (Å²) >= 11 is 5.41. The van der Waals surface area contributed by atoms with Crippen molar-refractivity contribution in [2.24, 2.45) is 0 Å². The Hall–Kier alpha value is -1.42. The van der Waals surface area contributed by atoms with Crippen LogP contribution in [0.2, 0.25) is 0 Å². The van der Waals surface area contributed by atoms with Gasteiger partial charge in [-0.05, 0) is 44.5 Å². The summed E-state index contributed by atoms with van der Waals surface area (Å²) in [4.78, 5) is 11.3. The Labute approximate surface area is 139 Å². The second kappa shape index (κ2) is 11.2. The molecule has 1 aromatic rings. The lowest BCUT2D eigenvalue weighted by Crippen LogP contribution is -2.14. The average Bonchev–Trinajstić information content (AvgIpc) is 2.52. The molecule has 0 amide bonds. The summed E-state index contributed by atoms with van der Waals surface area (Å²) in [6.07, 6.45) is 4.33. The summed E-state index contributed by atoms with van der Waals surface area (Å²) in [5.74, 6) is 0.0469. The molecule has 1 rings (SSSR count). The zero-order chi connectivity index (χ0) is 16.2. The molecule has 0 aliphatic heterocycles. The van der Waals surface area contributed by atoms with Crippen molar-refractivity contribution >= 4 is 23.2 Å². The van der Waals surface area contributed by atoms with Gasteiger partial charge in [0.05, 0.1) is 19.1 Å². The maximum absolute atomic E-state index is 11.3. The summed E-state index contributed by atoms with van der Waals surface area (Å²) in [5.41, 5.74) is 1.20. The second-order valence-corrected chi connectivity index (χ2v) is 5.52. The van der Waals surface area contributed by atoms with Crippen LogP contribution in [0.25, 0.3) is 0 Å². The molecule has 4 heteroatoms. The minimum atomic E-state index is -0.105. The number of carbonyl (C=O) groups is 1. The molecule has 0 aliphatic rings. The molecule has 0 aliphatic carbocycles. The predicted molar refractivity (Wildman–Crippen MR) is 93.1 cm³/mol. The lowest BCUT2D eigenvalue weighted by atomic mass is 9.93. The van der Waals surface area contributed by atoms with E-state index in [1.165, 1.54) is 5.56 Å². The van der Waals surface area contributed by atoms with E-state index in [0.717, 1.165) is 25.7 Å². The number of thiocarbonyl (C=S) groups is 1. The van der Waals surface area contributed by atoms with E-state index in [1.807, 2.05) is 32.0 Å². The Morgan fingerprint density at radius 1 is 1.05 bits per heavy atom. The van der Waals surface area contributed by atoms with Gasteiger partial charge in [-0.3, -0.25) is 4.79 Å². The molecule has 0 bridgehead atoms. The molecule has 0 radical (unpaired) electrons. The van der Waals surface area contributed by atoms with Crippen molar-refractivity contribution in [2.45, 2.75) is 51.9 Å². The molecule has 22 heavy (non-hydrogen) atoms. The van der Waals surface area contributed by atoms with Gasteiger partial charge in [0, 0.05) is 6.42 Å². The average molecular weight is 322 g/mol. The quantitative estimate of drug-likeness (QED) is 0.357. The Morgan fingerprint density at radius 2 is 1.73 bits per heavy atom. The number of rotatable bonds is 10. The smallest absolute Gasteiger partial charge is 0.305 e. The minimum absolute atomic E-state index is 0.105. The molecule has 3 nitrogen and oxygen atoms in total. The molecule has 0 saturated heterocycles. The number of hydrogen-bond donors (Lipinski definition) is 0. The van der Waals surface area contributed by atoms with Crippen LogP contribution in [0.5, 0.6) is 0 Å². The van der Waals surface area contributed by atoms with Gasteiger partial charge in [-0.25, -0.2) is 0 Å². The lowest BCUT2D eigenvalue weighted by Gasteiger charge is -2.18. The Balaban J connectivity index is 2.42. The summed E-state index contributed by atoms with van der Waals surface area (Å²) in [7, 11) is 0. The van der Waals surface area contributed by atoms with Crippen LogP contribution in [0.15, 0.2) is 30.3 Å². The van der Waals surface area contributed by atoms with Gasteiger partial charge < -0.3 is 9.47 Å². The van der Waals surface area contributed by atoms with E-state index in [-0.39, 0.29) is 11.9 Å². The maximum atomic E-state index is 11.3. The fourth-order valence-corrected chi connectivity index (χ4v) is 2.75. The van der Waals surface area contributed by atoms with Gasteiger partial charge in [0.1, 0.15) is 0 Å². The number of ether oxygens (including phenoxy) is 2. The molecule has 0 spiro atoms. The van der Waals surface area contributed by atoms with Gasteiger partial charge in [0.15, 0.2) is 5.05 Å². The molecule has 1 atom stereocenters. The van der Waals surface area contributed by atoms with Gasteiger partial charge in [-0.15, -0.1) is 0 Å². The summed E-state index contributed by atoms with van der Waals surface area (Å²) in [5, 5.41) is 0.666. The van der Waals surface area contributed by atoms with E-state index < -0.39 is 0 Å². The number of hydrogen-bond acceptors (Lipinski definition) is 4. The SMILES string of the molecule is CCOC(=O)CCCCCC(C(=S)OCC)c1ccccc1. The van der Waals surface area contributed by atoms with Crippen molar-refractivity contribution in [2.75, 3.05) is 13.2 Å². The fraction of sp³-hybridized carbons (Fsp3) is 0.556. The van der Waals surface area contributed by atoms with Crippen LogP contribution in [-0.2, 0) is 14.3 Å². The van der Waals surface area contributed by atoms with Crippen molar-refractivity contribution in [3.63, 3.8) is 0 Å². The number of carbonyl (C=O) groups excluding carboxylic acids is 1. The third kappa shape index (κ3) is 7.03. The molecule has 1 aromatic carbocycles. The highest BCUT2D eigenvalue weighted by molar-refractivity contribution is 7.80. The molecule has 0 N–H and O–H groups in total. The first-order valence-electron chi connectivity index (χ1n) is 8.06. The first kappa shape index (κ1) is 18.6. The van der Waals surface area contributed by atoms with Gasteiger partial charge in [0.2, 0.25) is 0 Å². The van der Waals surface area contributed by atoms with E-state index in [9.17, 15) is 4.79 Å². The largest absolute Gasteiger partial charge is 0.487 e. The Morgan fingerprint density at radius 3 is 2.36 bits per heavy atom. The normalized spacial score (nSPS) is 11.7. The fourth-order valence-electron chi connectivity index (χ4n) is 2.38. The minimum Gasteiger partial charge on any atom is -0.487 e. The first-order valence-corrected chi connectivity index (χ1v) is 8.47. The number of esters is 1. The lowest BCUT2D eigenvalue weighted by molar-refractivity contribution is -0.143. The predicted octanol–water partition coefficient (Wildman–Crippen LogP) is 4.65. The van der Waals surface area contributed by atoms with E-state index in [1.54, 1.807) is 0 Å². The summed E-state index contributed by atoms with van der Waals surface area (Å²) < 4.78 is 10.5. The van der Waals surface area contributed by atoms with Crippen molar-refractivity contribution in [1.82, 2.24) is 0 Å². The third-order valence-electron chi connectivity index (χ3n) is 3.45. The Bertz CT molecular complexity index is 445. The van der Waals surface area contributed by atoms with E-state index in [4.69, 9.17) is 21.7 Å². The highest BCUT2D eigenvalue weighted by atomic mass is 32.1. The zero-order valence-electron chi connectivity index (χ0n) is 13.5. The van der Waals surface area contributed by atoms with Crippen LogP contribution in [0, 0.1) is 0 Å². The van der Waals surface area contributed by atoms with Crippen molar-refractivity contribution < 1.29 is 14.3 Å². The van der Waals surface area contributed by atoms with Crippen LogP contribution in [0.1, 0.15) is 57.4 Å². The van der Waals surface area contributed by atoms with Crippen LogP contribution in [0.3, 0.4) is 0 Å². The molecule has 122 valence electrons. The Kier molecular flexibility index (Phi) is 9.47. The molecule has 0 saturated carbocycles. The zero-order valence-corrected chi connectivity index (χ0v) is 14.4. The van der Waals surface area contributed by atoms with Crippen LogP contribution in [-0.4, -0.2) is 24.2 Å². The second-order valence-electron chi connectivity index (χ2n) is 5.12. The van der Waals surface area contributed by atoms with E-state index in [2.05, 4.69) is 12.1 Å². The van der Waals surface area contributed by atoms with E-state index in [0.29, 0.717) is 24.7 Å². The maximum Gasteiger partial charge on any atom is 0.305 e. The topological polar surface area (TPSA) is 35.5 Å². The van der Waals surface area contributed by atoms with E-state index >= 15 is 0 Å². The molecular weight excluding hydrogens is 296 g/mol. The highest BCUT2D eigenvalue weighted by Crippen LogP contribution is 2.25. The molecule has 1 unspecified atom stereocenters. The van der Waals surface area contributed by atoms with Gasteiger partial charge >= 0.3 is 5.97 Å². The number of benzene rings is 1. The third-order valence-corrected chi connectivity index (χ3v) is 3.85. The van der Waals surface area contributed by atoms with Gasteiger partial charge in [-0.1, -0.05) is 43.2 Å². The highest BCUT2D eigenvalue weighted by Gasteiger charge is 2.17. The summed E-state index contributed by atoms with van der Waals surface area (Å²) in [6.45, 7) is 4.84. The van der Waals surface area contributed by atoms with Crippen molar-refractivity contribution in [3.05, 3.63) is 35.9 Å². The van der Waals surface area contributed by atoms with Crippen molar-refractivity contribution in [3.8, 4) is 0 Å². The van der Waals surface area contributed by atoms with Gasteiger partial charge in [-0.2, -0.15) is 0 Å². The molecule has 0 heterocycles. The van der Waals surface area contributed by atoms with Gasteiger partial charge in [0.25, 0.3) is 0 Å². The van der Waals surface area contributed by atoms with Crippen LogP contribution < -0.4 is 0 Å². The molecule has 0 aromatic heterocycles. The van der Waals surface area contributed by atoms with Crippen LogP contribution >= 0.6 is 12.2 Å². The standard InChI is InChI=1S/C18H26O3S/c1-3-20-17(19)14-10-6-9-13-16(18(22)21-4-2)15-11-7-5-8-12-15/h5,7-8,11-12,16H,3-4,6,9-10,13-14H2,1-2H3. The monoisotopic (exact) mass is 322 g/mol.